The van der Waals surface area contributed by atoms with Crippen LogP contribution in [0.4, 0.5) is 5.69 Å². The average molecular weight is 264 g/mol. The number of para-hydroxylation sites is 1. The van der Waals surface area contributed by atoms with E-state index in [0.717, 1.165) is 11.3 Å². The molecule has 1 aliphatic rings. The second kappa shape index (κ2) is 5.71. The number of amides is 1. The van der Waals surface area contributed by atoms with Gasteiger partial charge in [-0.1, -0.05) is 18.2 Å². The number of anilines is 1. The predicted molar refractivity (Wildman–Crippen MR) is 68.9 cm³/mol. The highest BCUT2D eigenvalue weighted by molar-refractivity contribution is 5.88. The van der Waals surface area contributed by atoms with E-state index in [1.165, 1.54) is 0 Å². The maximum atomic E-state index is 12.0. The Balaban J connectivity index is 1.87. The monoisotopic (exact) mass is 264 g/mol. The van der Waals surface area contributed by atoms with Crippen molar-refractivity contribution in [3.05, 3.63) is 29.8 Å². The highest BCUT2D eigenvalue weighted by Crippen LogP contribution is 2.30. The fourth-order valence-corrected chi connectivity index (χ4v) is 2.10. The Kier molecular flexibility index (Phi) is 4.01. The molecule has 1 aromatic carbocycles. The van der Waals surface area contributed by atoms with Crippen LogP contribution in [0.2, 0.25) is 0 Å². The summed E-state index contributed by atoms with van der Waals surface area (Å²) in [5, 5.41) is 23.4. The number of benzene rings is 1. The molecule has 1 aromatic rings. The van der Waals surface area contributed by atoms with Crippen LogP contribution >= 0.6 is 0 Å². The predicted octanol–water partition coefficient (Wildman–Crippen LogP) is 0.148. The number of carboxylic acid groups (broad SMARTS) is 1. The van der Waals surface area contributed by atoms with Crippen molar-refractivity contribution in [3.63, 3.8) is 0 Å². The van der Waals surface area contributed by atoms with Crippen molar-refractivity contribution < 1.29 is 19.8 Å². The molecule has 1 unspecified atom stereocenters. The molecule has 1 amide bonds. The van der Waals surface area contributed by atoms with E-state index < -0.39 is 12.1 Å². The van der Waals surface area contributed by atoms with E-state index in [0.29, 0.717) is 6.54 Å². The Hall–Kier alpha value is -2.08. The minimum Gasteiger partial charge on any atom is -0.479 e. The first-order valence-corrected chi connectivity index (χ1v) is 6.11. The molecule has 6 nitrogen and oxygen atoms in total. The number of aliphatic hydroxyl groups excluding tert-OH is 1. The largest absolute Gasteiger partial charge is 0.479 e. The van der Waals surface area contributed by atoms with Gasteiger partial charge in [0.2, 0.25) is 5.91 Å². The second-order valence-electron chi connectivity index (χ2n) is 4.45. The smallest absolute Gasteiger partial charge is 0.332 e. The van der Waals surface area contributed by atoms with Gasteiger partial charge in [-0.15, -0.1) is 0 Å². The maximum absolute atomic E-state index is 12.0. The standard InChI is InChI=1S/C13H16N2O4/c16-11(13(18)19)5-6-14-12(17)9-7-15-10-4-2-1-3-8(9)10/h1-4,9,11,15-16H,5-7H2,(H,14,17)(H,18,19)/t9?,11-/m0/s1. The topological polar surface area (TPSA) is 98.7 Å². The summed E-state index contributed by atoms with van der Waals surface area (Å²) in [4.78, 5) is 22.4. The van der Waals surface area contributed by atoms with Crippen molar-refractivity contribution in [1.29, 1.82) is 0 Å². The summed E-state index contributed by atoms with van der Waals surface area (Å²) in [5.41, 5.74) is 1.90. The molecule has 102 valence electrons. The van der Waals surface area contributed by atoms with Gasteiger partial charge in [-0.25, -0.2) is 4.79 Å². The fourth-order valence-electron chi connectivity index (χ4n) is 2.10. The van der Waals surface area contributed by atoms with Crippen LogP contribution in [0.5, 0.6) is 0 Å². The molecule has 0 fully saturated rings. The lowest BCUT2D eigenvalue weighted by Gasteiger charge is -2.12. The molecule has 2 atom stereocenters. The molecule has 0 aromatic heterocycles. The Labute approximate surface area is 110 Å². The number of carbonyl (C=O) groups is 2. The van der Waals surface area contributed by atoms with Gasteiger partial charge in [0.15, 0.2) is 6.10 Å². The van der Waals surface area contributed by atoms with E-state index in [9.17, 15) is 9.59 Å². The maximum Gasteiger partial charge on any atom is 0.332 e. The van der Waals surface area contributed by atoms with Gasteiger partial charge in [-0.05, 0) is 11.6 Å². The number of hydrogen-bond donors (Lipinski definition) is 4. The van der Waals surface area contributed by atoms with Crippen LogP contribution in [-0.4, -0.2) is 41.3 Å². The molecule has 4 N–H and O–H groups in total. The van der Waals surface area contributed by atoms with Crippen LogP contribution in [0, 0.1) is 0 Å². The zero-order chi connectivity index (χ0) is 13.8. The molecule has 0 bridgehead atoms. The molecular formula is C13H16N2O4. The number of aliphatic carboxylic acids is 1. The zero-order valence-corrected chi connectivity index (χ0v) is 10.3. The third-order valence-corrected chi connectivity index (χ3v) is 3.15. The van der Waals surface area contributed by atoms with Crippen molar-refractivity contribution in [3.8, 4) is 0 Å². The van der Waals surface area contributed by atoms with Crippen LogP contribution < -0.4 is 10.6 Å². The van der Waals surface area contributed by atoms with Crippen LogP contribution in [0.3, 0.4) is 0 Å². The molecule has 0 radical (unpaired) electrons. The summed E-state index contributed by atoms with van der Waals surface area (Å²) in [5.74, 6) is -1.70. The molecule has 0 saturated heterocycles. The van der Waals surface area contributed by atoms with E-state index >= 15 is 0 Å². The van der Waals surface area contributed by atoms with E-state index in [-0.39, 0.29) is 24.8 Å². The number of aliphatic hydroxyl groups is 1. The minimum absolute atomic E-state index is 0.00285. The molecule has 0 saturated carbocycles. The van der Waals surface area contributed by atoms with Gasteiger partial charge >= 0.3 is 5.97 Å². The summed E-state index contributed by atoms with van der Waals surface area (Å²) in [6, 6.07) is 7.58. The Morgan fingerprint density at radius 2 is 2.16 bits per heavy atom. The van der Waals surface area contributed by atoms with Crippen LogP contribution in [0.1, 0.15) is 17.9 Å². The molecule has 19 heavy (non-hydrogen) atoms. The van der Waals surface area contributed by atoms with Gasteiger partial charge < -0.3 is 20.8 Å². The lowest BCUT2D eigenvalue weighted by atomic mass is 10.0. The third-order valence-electron chi connectivity index (χ3n) is 3.15. The summed E-state index contributed by atoms with van der Waals surface area (Å²) in [7, 11) is 0. The fraction of sp³-hybridized carbons (Fsp3) is 0.385. The Morgan fingerprint density at radius 1 is 1.42 bits per heavy atom. The van der Waals surface area contributed by atoms with E-state index in [4.69, 9.17) is 10.2 Å². The number of fused-ring (bicyclic) bond motifs is 1. The number of nitrogens with one attached hydrogen (secondary N) is 2. The first-order chi connectivity index (χ1) is 9.09. The summed E-state index contributed by atoms with van der Waals surface area (Å²) in [6.45, 7) is 0.678. The minimum atomic E-state index is -1.44. The SMILES string of the molecule is O=C(NCC[C@H](O)C(=O)O)C1CNc2ccccc21. The second-order valence-corrected chi connectivity index (χ2v) is 4.45. The molecule has 1 aliphatic heterocycles. The molecule has 2 rings (SSSR count). The van der Waals surface area contributed by atoms with E-state index in [2.05, 4.69) is 10.6 Å². The van der Waals surface area contributed by atoms with Crippen LogP contribution in [0.15, 0.2) is 24.3 Å². The van der Waals surface area contributed by atoms with Gasteiger partial charge in [-0.3, -0.25) is 4.79 Å². The van der Waals surface area contributed by atoms with Crippen molar-refractivity contribution in [2.24, 2.45) is 0 Å². The van der Waals surface area contributed by atoms with Crippen LogP contribution in [-0.2, 0) is 9.59 Å². The number of carbonyl (C=O) groups excluding carboxylic acids is 1. The van der Waals surface area contributed by atoms with Crippen molar-refractivity contribution in [1.82, 2.24) is 5.32 Å². The first-order valence-electron chi connectivity index (χ1n) is 6.11. The van der Waals surface area contributed by atoms with Gasteiger partial charge in [0.05, 0.1) is 5.92 Å². The van der Waals surface area contributed by atoms with E-state index in [1.54, 1.807) is 0 Å². The van der Waals surface area contributed by atoms with E-state index in [1.807, 2.05) is 24.3 Å². The number of rotatable bonds is 5. The molecule has 0 spiro atoms. The summed E-state index contributed by atoms with van der Waals surface area (Å²) >= 11 is 0. The molecular weight excluding hydrogens is 248 g/mol. The number of hydrogen-bond acceptors (Lipinski definition) is 4. The normalized spacial score (nSPS) is 18.3. The third kappa shape index (κ3) is 3.03. The Bertz CT molecular complexity index is 489. The van der Waals surface area contributed by atoms with Crippen molar-refractivity contribution in [2.45, 2.75) is 18.4 Å². The van der Waals surface area contributed by atoms with Crippen LogP contribution in [0.25, 0.3) is 0 Å². The van der Waals surface area contributed by atoms with Gasteiger partial charge in [0, 0.05) is 25.2 Å². The zero-order valence-electron chi connectivity index (χ0n) is 10.3. The summed E-state index contributed by atoms with van der Waals surface area (Å²) in [6.07, 6.45) is -1.43. The lowest BCUT2D eigenvalue weighted by Crippen LogP contribution is -2.34. The van der Waals surface area contributed by atoms with Gasteiger partial charge in [-0.2, -0.15) is 0 Å². The van der Waals surface area contributed by atoms with Crippen molar-refractivity contribution in [2.75, 3.05) is 18.4 Å². The molecule has 0 aliphatic carbocycles. The highest BCUT2D eigenvalue weighted by atomic mass is 16.4. The van der Waals surface area contributed by atoms with Gasteiger partial charge in [0.1, 0.15) is 0 Å². The molecule has 6 heteroatoms. The first kappa shape index (κ1) is 13.4. The number of carboxylic acids is 1. The summed E-state index contributed by atoms with van der Waals surface area (Å²) < 4.78 is 0. The molecule has 1 heterocycles. The van der Waals surface area contributed by atoms with Gasteiger partial charge in [0.25, 0.3) is 0 Å². The Morgan fingerprint density at radius 3 is 2.89 bits per heavy atom. The quantitative estimate of drug-likeness (QED) is 0.606. The highest BCUT2D eigenvalue weighted by Gasteiger charge is 2.27. The van der Waals surface area contributed by atoms with Crippen molar-refractivity contribution >= 4 is 17.6 Å². The lowest BCUT2D eigenvalue weighted by molar-refractivity contribution is -0.147. The average Bonchev–Trinajstić information content (AvgIpc) is 2.82.